The predicted octanol–water partition coefficient (Wildman–Crippen LogP) is 3.84. The number of hydrogen-bond acceptors (Lipinski definition) is 5. The van der Waals surface area contributed by atoms with Gasteiger partial charge >= 0.3 is 5.97 Å². The van der Waals surface area contributed by atoms with Crippen molar-refractivity contribution in [2.45, 2.75) is 25.5 Å². The van der Waals surface area contributed by atoms with Gasteiger partial charge in [-0.05, 0) is 55.7 Å². The second-order valence-corrected chi connectivity index (χ2v) is 9.84. The van der Waals surface area contributed by atoms with Gasteiger partial charge in [-0.1, -0.05) is 23.7 Å². The topological polar surface area (TPSA) is 92.8 Å². The predicted molar refractivity (Wildman–Crippen MR) is 119 cm³/mol. The maximum Gasteiger partial charge on any atom is 0.338 e. The van der Waals surface area contributed by atoms with Crippen LogP contribution in [0.1, 0.15) is 35.7 Å². The SMILES string of the molecule is CCOC(=O)c1ccc(NC(=O)C2CCN(S(=O)(=O)Cc3ccc(F)cc3)CC2)c(Cl)c1. The number of nitrogens with one attached hydrogen (secondary N) is 1. The highest BCUT2D eigenvalue weighted by Crippen LogP contribution is 2.27. The number of carbonyl (C=O) groups excluding carboxylic acids is 2. The Hall–Kier alpha value is -2.49. The zero-order valence-corrected chi connectivity index (χ0v) is 19.1. The molecule has 0 aromatic heterocycles. The molecule has 1 aliphatic rings. The summed E-state index contributed by atoms with van der Waals surface area (Å²) in [7, 11) is -3.57. The molecule has 0 bridgehead atoms. The van der Waals surface area contributed by atoms with Crippen LogP contribution >= 0.6 is 11.6 Å². The average molecular weight is 483 g/mol. The number of amides is 1. The van der Waals surface area contributed by atoms with Crippen LogP contribution in [-0.2, 0) is 25.3 Å². The third-order valence-electron chi connectivity index (χ3n) is 5.22. The second-order valence-electron chi connectivity index (χ2n) is 7.46. The van der Waals surface area contributed by atoms with Crippen molar-refractivity contribution in [2.75, 3.05) is 25.0 Å². The van der Waals surface area contributed by atoms with Gasteiger partial charge in [0.25, 0.3) is 0 Å². The third-order valence-corrected chi connectivity index (χ3v) is 7.38. The van der Waals surface area contributed by atoms with E-state index in [1.54, 1.807) is 6.92 Å². The molecular weight excluding hydrogens is 459 g/mol. The van der Waals surface area contributed by atoms with Crippen molar-refractivity contribution < 1.29 is 27.1 Å². The van der Waals surface area contributed by atoms with Crippen LogP contribution in [0.5, 0.6) is 0 Å². The van der Waals surface area contributed by atoms with Gasteiger partial charge in [0.2, 0.25) is 15.9 Å². The van der Waals surface area contributed by atoms with E-state index in [-0.39, 0.29) is 47.9 Å². The first-order chi connectivity index (χ1) is 15.2. The molecule has 7 nitrogen and oxygen atoms in total. The van der Waals surface area contributed by atoms with E-state index >= 15 is 0 Å². The number of rotatable bonds is 7. The molecule has 1 aliphatic heterocycles. The van der Waals surface area contributed by atoms with Gasteiger partial charge in [-0.3, -0.25) is 4.79 Å². The lowest BCUT2D eigenvalue weighted by atomic mass is 9.97. The zero-order chi connectivity index (χ0) is 23.3. The van der Waals surface area contributed by atoms with E-state index in [4.69, 9.17) is 16.3 Å². The molecule has 2 aromatic rings. The number of ether oxygens (including phenoxy) is 1. The first-order valence-corrected chi connectivity index (χ1v) is 12.2. The molecule has 1 saturated heterocycles. The Bertz CT molecular complexity index is 1080. The fourth-order valence-electron chi connectivity index (χ4n) is 3.47. The molecule has 0 radical (unpaired) electrons. The third kappa shape index (κ3) is 6.05. The minimum absolute atomic E-state index is 0.211. The van der Waals surface area contributed by atoms with E-state index in [2.05, 4.69) is 5.32 Å². The molecule has 2 aromatic carbocycles. The Balaban J connectivity index is 1.56. The van der Waals surface area contributed by atoms with Gasteiger partial charge in [0, 0.05) is 19.0 Å². The Labute approximate surface area is 191 Å². The van der Waals surface area contributed by atoms with Crippen LogP contribution in [0.4, 0.5) is 10.1 Å². The standard InChI is InChI=1S/C22H24ClFN2O5S/c1-2-31-22(28)17-5-8-20(19(23)13-17)25-21(27)16-9-11-26(12-10-16)32(29,30)14-15-3-6-18(24)7-4-15/h3-8,13,16H,2,9-12,14H2,1H3,(H,25,27). The lowest BCUT2D eigenvalue weighted by Gasteiger charge is -2.30. The molecule has 1 N–H and O–H groups in total. The monoisotopic (exact) mass is 482 g/mol. The molecule has 0 spiro atoms. The highest BCUT2D eigenvalue weighted by molar-refractivity contribution is 7.88. The zero-order valence-electron chi connectivity index (χ0n) is 17.5. The van der Waals surface area contributed by atoms with Crippen molar-refractivity contribution in [3.63, 3.8) is 0 Å². The first-order valence-electron chi connectivity index (χ1n) is 10.2. The average Bonchev–Trinajstić information content (AvgIpc) is 2.77. The van der Waals surface area contributed by atoms with Gasteiger partial charge in [-0.25, -0.2) is 21.9 Å². The fourth-order valence-corrected chi connectivity index (χ4v) is 5.26. The number of esters is 1. The molecule has 0 unspecified atom stereocenters. The molecule has 0 atom stereocenters. The van der Waals surface area contributed by atoms with E-state index in [1.165, 1.54) is 46.8 Å². The molecule has 1 heterocycles. The van der Waals surface area contributed by atoms with Crippen molar-refractivity contribution in [3.05, 3.63) is 64.4 Å². The quantitative estimate of drug-likeness (QED) is 0.605. The lowest BCUT2D eigenvalue weighted by molar-refractivity contribution is -0.120. The Morgan fingerprint density at radius 3 is 2.41 bits per heavy atom. The van der Waals surface area contributed by atoms with E-state index < -0.39 is 21.8 Å². The van der Waals surface area contributed by atoms with Crippen LogP contribution in [0.3, 0.4) is 0 Å². The van der Waals surface area contributed by atoms with Gasteiger partial charge in [0.15, 0.2) is 0 Å². The Kier molecular flexibility index (Phi) is 7.86. The number of nitrogens with zero attached hydrogens (tertiary/aromatic N) is 1. The van der Waals surface area contributed by atoms with Gasteiger partial charge < -0.3 is 10.1 Å². The van der Waals surface area contributed by atoms with Crippen molar-refractivity contribution in [2.24, 2.45) is 5.92 Å². The van der Waals surface area contributed by atoms with Gasteiger partial charge in [-0.15, -0.1) is 0 Å². The smallest absolute Gasteiger partial charge is 0.338 e. The van der Waals surface area contributed by atoms with Crippen molar-refractivity contribution in [1.29, 1.82) is 0 Å². The summed E-state index contributed by atoms with van der Waals surface area (Å²) >= 11 is 6.19. The summed E-state index contributed by atoms with van der Waals surface area (Å²) in [6.45, 7) is 2.38. The number of halogens is 2. The molecular formula is C22H24ClFN2O5S. The molecule has 0 saturated carbocycles. The Morgan fingerprint density at radius 2 is 1.81 bits per heavy atom. The normalized spacial score (nSPS) is 15.3. The summed E-state index contributed by atoms with van der Waals surface area (Å²) in [5, 5.41) is 2.96. The van der Waals surface area contributed by atoms with Crippen molar-refractivity contribution in [3.8, 4) is 0 Å². The summed E-state index contributed by atoms with van der Waals surface area (Å²) in [6.07, 6.45) is 0.736. The molecule has 1 fully saturated rings. The number of hydrogen-bond donors (Lipinski definition) is 1. The maximum atomic E-state index is 13.0. The molecule has 172 valence electrons. The fraction of sp³-hybridized carbons (Fsp3) is 0.364. The van der Waals surface area contributed by atoms with Gasteiger partial charge in [-0.2, -0.15) is 0 Å². The van der Waals surface area contributed by atoms with Crippen molar-refractivity contribution in [1.82, 2.24) is 4.31 Å². The van der Waals surface area contributed by atoms with Crippen LogP contribution in [-0.4, -0.2) is 44.3 Å². The molecule has 10 heteroatoms. The van der Waals surface area contributed by atoms with Crippen LogP contribution < -0.4 is 5.32 Å². The van der Waals surface area contributed by atoms with Gasteiger partial charge in [0.05, 0.1) is 28.6 Å². The van der Waals surface area contributed by atoms with Crippen LogP contribution in [0.15, 0.2) is 42.5 Å². The Morgan fingerprint density at radius 1 is 1.16 bits per heavy atom. The first kappa shape index (κ1) is 24.2. The summed E-state index contributed by atoms with van der Waals surface area (Å²) < 4.78 is 44.6. The summed E-state index contributed by atoms with van der Waals surface area (Å²) in [6, 6.07) is 9.84. The van der Waals surface area contributed by atoms with Crippen LogP contribution in [0, 0.1) is 11.7 Å². The van der Waals surface area contributed by atoms with E-state index in [1.807, 2.05) is 0 Å². The van der Waals surface area contributed by atoms with Crippen molar-refractivity contribution >= 4 is 39.2 Å². The highest BCUT2D eigenvalue weighted by Gasteiger charge is 2.31. The van der Waals surface area contributed by atoms with E-state index in [0.29, 0.717) is 24.1 Å². The summed E-state index contributed by atoms with van der Waals surface area (Å²) in [5.74, 6) is -1.76. The second kappa shape index (κ2) is 10.4. The molecule has 1 amide bonds. The number of benzene rings is 2. The summed E-state index contributed by atoms with van der Waals surface area (Å²) in [5.41, 5.74) is 1.16. The maximum absolute atomic E-state index is 13.0. The van der Waals surface area contributed by atoms with Crippen LogP contribution in [0.2, 0.25) is 5.02 Å². The number of sulfonamides is 1. The van der Waals surface area contributed by atoms with E-state index in [0.717, 1.165) is 0 Å². The van der Waals surface area contributed by atoms with Crippen LogP contribution in [0.25, 0.3) is 0 Å². The highest BCUT2D eigenvalue weighted by atomic mass is 35.5. The molecule has 32 heavy (non-hydrogen) atoms. The number of carbonyl (C=O) groups is 2. The van der Waals surface area contributed by atoms with Gasteiger partial charge in [0.1, 0.15) is 5.82 Å². The minimum Gasteiger partial charge on any atom is -0.462 e. The summed E-state index contributed by atoms with van der Waals surface area (Å²) in [4.78, 5) is 24.4. The van der Waals surface area contributed by atoms with E-state index in [9.17, 15) is 22.4 Å². The largest absolute Gasteiger partial charge is 0.462 e. The minimum atomic E-state index is -3.57. The molecule has 0 aliphatic carbocycles. The molecule has 3 rings (SSSR count). The number of piperidine rings is 1. The number of anilines is 1. The lowest BCUT2D eigenvalue weighted by Crippen LogP contribution is -2.41.